The Balaban J connectivity index is 1.83. The van der Waals surface area contributed by atoms with Crippen LogP contribution in [-0.4, -0.2) is 69.8 Å². The number of rotatable bonds is 3. The molecule has 0 radical (unpaired) electrons. The third-order valence-corrected chi connectivity index (χ3v) is 9.94. The molecule has 8 atom stereocenters. The molecule has 1 saturated heterocycles. The number of hydrogen-bond donors (Lipinski definition) is 2. The van der Waals surface area contributed by atoms with Gasteiger partial charge in [-0.1, -0.05) is 27.7 Å². The molecule has 4 aliphatic rings. The summed E-state index contributed by atoms with van der Waals surface area (Å²) in [5.74, 6) is -4.34. The lowest BCUT2D eigenvalue weighted by Crippen LogP contribution is -2.80. The number of ketones is 2. The zero-order valence-corrected chi connectivity index (χ0v) is 22.4. The van der Waals surface area contributed by atoms with Crippen molar-refractivity contribution in [1.29, 1.82) is 0 Å². The fraction of sp³-hybridized carbons (Fsp3) is 0.643. The molecule has 2 bridgehead atoms. The van der Waals surface area contributed by atoms with Crippen molar-refractivity contribution in [2.24, 2.45) is 22.7 Å². The van der Waals surface area contributed by atoms with Crippen LogP contribution in [0.25, 0.3) is 0 Å². The first-order chi connectivity index (χ1) is 17.6. The maximum Gasteiger partial charge on any atom is 0.374 e. The second-order valence-corrected chi connectivity index (χ2v) is 12.0. The van der Waals surface area contributed by atoms with E-state index in [4.69, 9.17) is 18.6 Å². The molecule has 2 N–H and O–H groups in total. The molecule has 3 fully saturated rings. The van der Waals surface area contributed by atoms with Gasteiger partial charge in [-0.3, -0.25) is 14.4 Å². The van der Waals surface area contributed by atoms with E-state index in [1.165, 1.54) is 32.2 Å². The van der Waals surface area contributed by atoms with Gasteiger partial charge in [0.15, 0.2) is 17.2 Å². The van der Waals surface area contributed by atoms with Crippen molar-refractivity contribution in [3.63, 3.8) is 0 Å². The van der Waals surface area contributed by atoms with E-state index in [9.17, 15) is 29.4 Å². The van der Waals surface area contributed by atoms with E-state index in [1.807, 2.05) is 6.92 Å². The molecule has 0 aromatic carbocycles. The highest BCUT2D eigenvalue weighted by Gasteiger charge is 2.77. The minimum absolute atomic E-state index is 0.0979. The van der Waals surface area contributed by atoms with Gasteiger partial charge in [-0.2, -0.15) is 0 Å². The summed E-state index contributed by atoms with van der Waals surface area (Å²) in [6.07, 6.45) is -2.67. The van der Waals surface area contributed by atoms with Crippen molar-refractivity contribution >= 4 is 23.5 Å². The summed E-state index contributed by atoms with van der Waals surface area (Å²) in [5, 5.41) is 24.2. The molecular weight excluding hydrogens is 496 g/mol. The van der Waals surface area contributed by atoms with E-state index in [-0.39, 0.29) is 23.5 Å². The Kier molecular flexibility index (Phi) is 5.87. The van der Waals surface area contributed by atoms with Crippen LogP contribution in [0.15, 0.2) is 34.0 Å². The predicted octanol–water partition coefficient (Wildman–Crippen LogP) is 2.16. The van der Waals surface area contributed by atoms with Crippen molar-refractivity contribution in [3.05, 3.63) is 35.3 Å². The Morgan fingerprint density at radius 1 is 1.18 bits per heavy atom. The third kappa shape index (κ3) is 3.23. The van der Waals surface area contributed by atoms with Crippen LogP contribution in [0.4, 0.5) is 0 Å². The molecule has 38 heavy (non-hydrogen) atoms. The van der Waals surface area contributed by atoms with Crippen LogP contribution < -0.4 is 0 Å². The molecule has 10 heteroatoms. The largest absolute Gasteiger partial charge is 0.457 e. The Bertz CT molecular complexity index is 1240. The van der Waals surface area contributed by atoms with Gasteiger partial charge in [0.1, 0.15) is 23.9 Å². The molecule has 6 unspecified atom stereocenters. The van der Waals surface area contributed by atoms with Crippen molar-refractivity contribution in [2.45, 2.75) is 83.9 Å². The van der Waals surface area contributed by atoms with Gasteiger partial charge in [0.25, 0.3) is 0 Å². The first-order valence-corrected chi connectivity index (χ1v) is 12.9. The number of carbonyl (C=O) groups excluding carboxylic acids is 4. The summed E-state index contributed by atoms with van der Waals surface area (Å²) in [6.45, 7) is 9.36. The lowest BCUT2D eigenvalue weighted by molar-refractivity contribution is -0.338. The fourth-order valence-electron chi connectivity index (χ4n) is 7.58. The SMILES string of the molecule is CC(=O)OC12COC1C[C@H](C)[C@@]1(C)C(=O)C(O)C3=C(C)C(=O)CC(O)(C(OC(=O)c4ccco4)C21)C3(C)C. The van der Waals surface area contributed by atoms with E-state index >= 15 is 0 Å². The Morgan fingerprint density at radius 3 is 2.42 bits per heavy atom. The number of furan rings is 1. The van der Waals surface area contributed by atoms with Crippen LogP contribution in [0.1, 0.15) is 64.9 Å². The zero-order valence-electron chi connectivity index (χ0n) is 22.4. The maximum atomic E-state index is 14.4. The topological polar surface area (TPSA) is 150 Å². The van der Waals surface area contributed by atoms with Gasteiger partial charge < -0.3 is 28.8 Å². The lowest BCUT2D eigenvalue weighted by atomic mass is 9.43. The van der Waals surface area contributed by atoms with Gasteiger partial charge in [-0.15, -0.1) is 0 Å². The summed E-state index contributed by atoms with van der Waals surface area (Å²) in [7, 11) is 0. The van der Waals surface area contributed by atoms with Crippen LogP contribution in [-0.2, 0) is 28.6 Å². The standard InChI is InChI=1S/C28H34O10/c1-13-10-18-27(12-36-18,38-15(3)29)21-23(37-24(33)17-8-7-9-35-17)28(34)11-16(30)14(2)19(25(28,4)5)20(31)22(32)26(13,21)6/h7-9,13,18,20-21,23,31,34H,10-12H2,1-6H3/t13-,18?,20?,21?,23?,26+,27?,28?/m0/s1. The van der Waals surface area contributed by atoms with Gasteiger partial charge in [-0.25, -0.2) is 4.79 Å². The van der Waals surface area contributed by atoms with E-state index in [0.29, 0.717) is 6.42 Å². The van der Waals surface area contributed by atoms with Gasteiger partial charge in [0.05, 0.1) is 18.8 Å². The van der Waals surface area contributed by atoms with Crippen LogP contribution in [0, 0.1) is 22.7 Å². The zero-order chi connectivity index (χ0) is 28.0. The summed E-state index contributed by atoms with van der Waals surface area (Å²) in [6, 6.07) is 2.90. The molecular formula is C28H34O10. The van der Waals surface area contributed by atoms with Gasteiger partial charge >= 0.3 is 11.9 Å². The summed E-state index contributed by atoms with van der Waals surface area (Å²) < 4.78 is 23.1. The molecule has 5 rings (SSSR count). The molecule has 2 saturated carbocycles. The van der Waals surface area contributed by atoms with Crippen molar-refractivity contribution < 1.29 is 48.0 Å². The molecule has 1 aromatic rings. The first-order valence-electron chi connectivity index (χ1n) is 12.9. The monoisotopic (exact) mass is 530 g/mol. The highest BCUT2D eigenvalue weighted by Crippen LogP contribution is 2.64. The van der Waals surface area contributed by atoms with E-state index < -0.39 is 82.1 Å². The highest BCUT2D eigenvalue weighted by atomic mass is 16.6. The average Bonchev–Trinajstić information content (AvgIpc) is 3.37. The highest BCUT2D eigenvalue weighted by molar-refractivity contribution is 6.02. The number of carbonyl (C=O) groups is 4. The van der Waals surface area contributed by atoms with Gasteiger partial charge in [0, 0.05) is 24.2 Å². The third-order valence-electron chi connectivity index (χ3n) is 9.94. The second kappa shape index (κ2) is 8.34. The number of aliphatic hydroxyl groups excluding tert-OH is 1. The number of hydrogen-bond acceptors (Lipinski definition) is 10. The average molecular weight is 531 g/mol. The second-order valence-electron chi connectivity index (χ2n) is 12.0. The van der Waals surface area contributed by atoms with Crippen molar-refractivity contribution in [2.75, 3.05) is 6.61 Å². The molecule has 1 aliphatic heterocycles. The molecule has 3 aliphatic carbocycles. The van der Waals surface area contributed by atoms with Crippen LogP contribution in [0.5, 0.6) is 0 Å². The number of ether oxygens (including phenoxy) is 3. The lowest BCUT2D eigenvalue weighted by Gasteiger charge is -2.67. The number of Topliss-reactive ketones (excluding diaryl/α,β-unsaturated/α-hetero) is 2. The molecule has 2 heterocycles. The van der Waals surface area contributed by atoms with E-state index in [0.717, 1.165) is 0 Å². The van der Waals surface area contributed by atoms with Crippen molar-refractivity contribution in [1.82, 2.24) is 0 Å². The Hall–Kier alpha value is -2.82. The van der Waals surface area contributed by atoms with Crippen LogP contribution >= 0.6 is 0 Å². The van der Waals surface area contributed by atoms with E-state index in [2.05, 4.69) is 0 Å². The number of aliphatic hydroxyl groups is 2. The molecule has 206 valence electrons. The maximum absolute atomic E-state index is 14.4. The number of fused-ring (bicyclic) bond motifs is 5. The minimum atomic E-state index is -2.08. The minimum Gasteiger partial charge on any atom is -0.457 e. The van der Waals surface area contributed by atoms with Gasteiger partial charge in [-0.05, 0) is 42.5 Å². The molecule has 0 spiro atoms. The number of esters is 2. The molecule has 0 amide bonds. The summed E-state index contributed by atoms with van der Waals surface area (Å²) >= 11 is 0. The normalized spacial score (nSPS) is 41.7. The summed E-state index contributed by atoms with van der Waals surface area (Å²) in [4.78, 5) is 53.5. The Labute approximate surface area is 220 Å². The quantitative estimate of drug-likeness (QED) is 0.557. The van der Waals surface area contributed by atoms with Crippen LogP contribution in [0.2, 0.25) is 0 Å². The van der Waals surface area contributed by atoms with Crippen molar-refractivity contribution in [3.8, 4) is 0 Å². The Morgan fingerprint density at radius 2 is 1.87 bits per heavy atom. The fourth-order valence-corrected chi connectivity index (χ4v) is 7.58. The molecule has 10 nitrogen and oxygen atoms in total. The smallest absolute Gasteiger partial charge is 0.374 e. The number of allylic oxidation sites excluding steroid dienone is 1. The van der Waals surface area contributed by atoms with E-state index in [1.54, 1.807) is 20.8 Å². The van der Waals surface area contributed by atoms with Gasteiger partial charge in [0.2, 0.25) is 5.76 Å². The first kappa shape index (κ1) is 26.8. The summed E-state index contributed by atoms with van der Waals surface area (Å²) in [5.41, 5.74) is -6.08. The predicted molar refractivity (Wildman–Crippen MR) is 130 cm³/mol. The van der Waals surface area contributed by atoms with Crippen LogP contribution in [0.3, 0.4) is 0 Å². The molecule has 1 aromatic heterocycles.